The second-order valence-corrected chi connectivity index (χ2v) is 18.7. The molecular weight excluding hydrogens is 631 g/mol. The van der Waals surface area contributed by atoms with Gasteiger partial charge in [0.05, 0.1) is 0 Å². The molecule has 214 valence electrons. The molecule has 0 spiro atoms. The molecule has 0 bridgehead atoms. The number of rotatable bonds is 5. The second-order valence-electron chi connectivity index (χ2n) is 12.6. The summed E-state index contributed by atoms with van der Waals surface area (Å²) in [6.45, 7) is 13.9. The first kappa shape index (κ1) is 32.6. The van der Waals surface area contributed by atoms with Crippen molar-refractivity contribution in [2.24, 2.45) is 11.3 Å². The molecule has 4 aromatic carbocycles. The molecule has 0 N–H and O–H groups in total. The fourth-order valence-corrected chi connectivity index (χ4v) is 16.4. The Kier molecular flexibility index (Phi) is 10.2. The van der Waals surface area contributed by atoms with Crippen molar-refractivity contribution in [3.05, 3.63) is 151 Å². The average Bonchev–Trinajstić information content (AvgIpc) is 3.53. The molecule has 1 atom stereocenters. The van der Waals surface area contributed by atoms with E-state index < -0.39 is 21.3 Å². The maximum absolute atomic E-state index is 2.74. The van der Waals surface area contributed by atoms with Crippen molar-refractivity contribution in [1.82, 2.24) is 0 Å². The topological polar surface area (TPSA) is 0 Å². The van der Waals surface area contributed by atoms with Crippen LogP contribution in [0.1, 0.15) is 71.1 Å². The molecule has 0 radical (unpaired) electrons. The van der Waals surface area contributed by atoms with E-state index in [1.54, 1.807) is 6.49 Å². The average molecular weight is 671 g/mol. The molecule has 0 heterocycles. The van der Waals surface area contributed by atoms with Crippen LogP contribution in [0.2, 0.25) is 0 Å². The summed E-state index contributed by atoms with van der Waals surface area (Å²) < 4.78 is 3.83. The third-order valence-electron chi connectivity index (χ3n) is 8.78. The fourth-order valence-electron chi connectivity index (χ4n) is 6.55. The normalized spacial score (nSPS) is 15.3. The van der Waals surface area contributed by atoms with Crippen molar-refractivity contribution >= 4 is 3.21 Å². The molecule has 0 saturated carbocycles. The molecule has 0 aliphatic heterocycles. The minimum atomic E-state index is -2.74. The van der Waals surface area contributed by atoms with E-state index in [2.05, 4.69) is 151 Å². The Labute approximate surface area is 273 Å². The zero-order valence-electron chi connectivity index (χ0n) is 25.5. The SMILES string of the molecule is CCC1C=C(C(C)(C)C)C=[C]1[Zr+2](=[C](c1ccc(C)cc1)c1ccc(C)cc1)[CH]1c2ccccc2-c2ccccc21.[Cl-].[Cl-]. The number of hydrogen-bond acceptors (Lipinski definition) is 0. The fraction of sp³-hybridized carbons (Fsp3) is 0.256. The third-order valence-corrected chi connectivity index (χ3v) is 17.3. The van der Waals surface area contributed by atoms with Crippen LogP contribution in [0.25, 0.3) is 11.1 Å². The Morgan fingerprint density at radius 1 is 0.667 bits per heavy atom. The summed E-state index contributed by atoms with van der Waals surface area (Å²) in [5.41, 5.74) is 13.0. The zero-order chi connectivity index (χ0) is 28.0. The van der Waals surface area contributed by atoms with E-state index in [1.807, 2.05) is 0 Å². The quantitative estimate of drug-likeness (QED) is 0.300. The van der Waals surface area contributed by atoms with Crippen LogP contribution in [0.3, 0.4) is 0 Å². The van der Waals surface area contributed by atoms with Crippen molar-refractivity contribution in [2.45, 2.75) is 51.6 Å². The maximum Gasteiger partial charge on any atom is -1.00 e. The summed E-state index contributed by atoms with van der Waals surface area (Å²) in [5, 5.41) is 0. The molecule has 1 unspecified atom stereocenters. The predicted molar refractivity (Wildman–Crippen MR) is 169 cm³/mol. The summed E-state index contributed by atoms with van der Waals surface area (Å²) in [5.74, 6) is 0.509. The number of fused-ring (bicyclic) bond motifs is 3. The van der Waals surface area contributed by atoms with Crippen molar-refractivity contribution in [2.75, 3.05) is 0 Å². The molecule has 0 fully saturated rings. The van der Waals surface area contributed by atoms with Crippen molar-refractivity contribution in [3.8, 4) is 11.1 Å². The largest absolute Gasteiger partial charge is 1.00 e. The van der Waals surface area contributed by atoms with Gasteiger partial charge in [-0.3, -0.25) is 0 Å². The first-order chi connectivity index (χ1) is 19.3. The zero-order valence-corrected chi connectivity index (χ0v) is 29.5. The molecule has 0 nitrogen and oxygen atoms in total. The summed E-state index contributed by atoms with van der Waals surface area (Å²) >= 11 is -2.74. The van der Waals surface area contributed by atoms with Crippen LogP contribution in [-0.2, 0) is 21.3 Å². The molecule has 42 heavy (non-hydrogen) atoms. The van der Waals surface area contributed by atoms with E-state index in [0.29, 0.717) is 9.54 Å². The summed E-state index contributed by atoms with van der Waals surface area (Å²) in [4.78, 5) is 0. The van der Waals surface area contributed by atoms with Gasteiger partial charge in [0.25, 0.3) is 0 Å². The molecule has 0 saturated heterocycles. The molecule has 2 aliphatic carbocycles. The number of halogens is 2. The Morgan fingerprint density at radius 2 is 1.12 bits per heavy atom. The predicted octanol–water partition coefficient (Wildman–Crippen LogP) is 4.16. The Bertz CT molecular complexity index is 1570. The van der Waals surface area contributed by atoms with Gasteiger partial charge in [-0.15, -0.1) is 0 Å². The van der Waals surface area contributed by atoms with E-state index in [9.17, 15) is 0 Å². The van der Waals surface area contributed by atoms with Crippen LogP contribution in [0.5, 0.6) is 0 Å². The van der Waals surface area contributed by atoms with Gasteiger partial charge in [-0.05, 0) is 0 Å². The molecule has 2 aliphatic rings. The molecule has 6 rings (SSSR count). The smallest absolute Gasteiger partial charge is 1.00 e. The first-order valence-corrected chi connectivity index (χ1v) is 18.6. The van der Waals surface area contributed by atoms with E-state index in [1.165, 1.54) is 50.1 Å². The summed E-state index contributed by atoms with van der Waals surface area (Å²) in [7, 11) is 0. The number of benzene rings is 4. The third kappa shape index (κ3) is 6.04. The number of aryl methyl sites for hydroxylation is 2. The Balaban J connectivity index is 0.00000202. The van der Waals surface area contributed by atoms with Crippen molar-refractivity contribution in [1.29, 1.82) is 0 Å². The van der Waals surface area contributed by atoms with Gasteiger partial charge in [-0.1, -0.05) is 0 Å². The molecule has 0 aromatic heterocycles. The molecule has 3 heteroatoms. The number of allylic oxidation sites excluding steroid dienone is 4. The molecule has 4 aromatic rings. The standard InChI is InChI=1S/C15H14.C13H9.C11H17.2ClH.Zr/c1-12-3-7-14(8-4-12)11-15-9-5-13(2)6-10-15;1-3-7-12-10(5-1)9-11-6-2-4-8-13(11)12;1-5-9-6-7-10(8-9)11(2,3)4;;;/h3-10H,1-2H3;1-9H;7-9H,5H2,1-4H3;2*1H;/q;;;;;+2/p-2. The Morgan fingerprint density at radius 3 is 1.55 bits per heavy atom. The minimum absolute atomic E-state index is 0. The van der Waals surface area contributed by atoms with Crippen LogP contribution in [0.15, 0.2) is 118 Å². The van der Waals surface area contributed by atoms with Crippen molar-refractivity contribution in [3.63, 3.8) is 0 Å². The van der Waals surface area contributed by atoms with E-state index in [4.69, 9.17) is 0 Å². The van der Waals surface area contributed by atoms with Gasteiger partial charge in [0, 0.05) is 0 Å². The van der Waals surface area contributed by atoms with E-state index in [0.717, 1.165) is 6.42 Å². The van der Waals surface area contributed by atoms with Gasteiger partial charge in [0.2, 0.25) is 0 Å². The second kappa shape index (κ2) is 13.1. The Hall–Kier alpha value is -2.31. The van der Waals surface area contributed by atoms with Crippen molar-refractivity contribution < 1.29 is 46.1 Å². The van der Waals surface area contributed by atoms with Gasteiger partial charge in [-0.2, -0.15) is 0 Å². The first-order valence-electron chi connectivity index (χ1n) is 14.8. The van der Waals surface area contributed by atoms with E-state index in [-0.39, 0.29) is 30.2 Å². The van der Waals surface area contributed by atoms with Crippen LogP contribution in [0.4, 0.5) is 0 Å². The van der Waals surface area contributed by atoms with Crippen LogP contribution in [-0.4, -0.2) is 3.21 Å². The van der Waals surface area contributed by atoms with Crippen LogP contribution < -0.4 is 24.8 Å². The maximum atomic E-state index is 2.66. The minimum Gasteiger partial charge on any atom is -1.00 e. The van der Waals surface area contributed by atoms with Gasteiger partial charge in [0.15, 0.2) is 0 Å². The van der Waals surface area contributed by atoms with Crippen LogP contribution >= 0.6 is 0 Å². The van der Waals surface area contributed by atoms with Crippen LogP contribution in [0, 0.1) is 25.2 Å². The van der Waals surface area contributed by atoms with Gasteiger partial charge in [-0.25, -0.2) is 0 Å². The summed E-state index contributed by atoms with van der Waals surface area (Å²) in [6.07, 6.45) is 6.43. The summed E-state index contributed by atoms with van der Waals surface area (Å²) in [6, 6.07) is 37.3. The molecular formula is C39H40Cl2Zr. The van der Waals surface area contributed by atoms with Gasteiger partial charge in [0.1, 0.15) is 0 Å². The van der Waals surface area contributed by atoms with Gasteiger partial charge < -0.3 is 24.8 Å². The number of hydrogen-bond donors (Lipinski definition) is 0. The monoisotopic (exact) mass is 668 g/mol. The van der Waals surface area contributed by atoms with Gasteiger partial charge >= 0.3 is 250 Å². The van der Waals surface area contributed by atoms with E-state index >= 15 is 0 Å². The molecule has 0 amide bonds.